The Labute approximate surface area is 125 Å². The highest BCUT2D eigenvalue weighted by molar-refractivity contribution is 5.89. The summed E-state index contributed by atoms with van der Waals surface area (Å²) >= 11 is 0. The maximum absolute atomic E-state index is 12.6. The molecule has 3 rings (SSSR count). The summed E-state index contributed by atoms with van der Waals surface area (Å²) in [6.45, 7) is 5.79. The molecular weight excluding hydrogens is 266 g/mol. The maximum atomic E-state index is 12.6. The van der Waals surface area contributed by atoms with Crippen LogP contribution in [0.4, 0.5) is 4.79 Å². The van der Waals surface area contributed by atoms with E-state index < -0.39 is 0 Å². The zero-order valence-electron chi connectivity index (χ0n) is 12.7. The van der Waals surface area contributed by atoms with Gasteiger partial charge in [0, 0.05) is 26.7 Å². The Hall–Kier alpha value is -2.04. The van der Waals surface area contributed by atoms with E-state index >= 15 is 0 Å². The summed E-state index contributed by atoms with van der Waals surface area (Å²) in [4.78, 5) is 29.9. The van der Waals surface area contributed by atoms with Crippen molar-refractivity contribution in [2.24, 2.45) is 0 Å². The van der Waals surface area contributed by atoms with E-state index in [0.29, 0.717) is 19.6 Å². The molecule has 0 aliphatic carbocycles. The van der Waals surface area contributed by atoms with Gasteiger partial charge in [-0.05, 0) is 19.4 Å². The first kappa shape index (κ1) is 13.9. The second-order valence-corrected chi connectivity index (χ2v) is 6.10. The molecule has 21 heavy (non-hydrogen) atoms. The molecule has 0 spiro atoms. The third kappa shape index (κ3) is 2.37. The summed E-state index contributed by atoms with van der Waals surface area (Å²) in [7, 11) is 1.81. The van der Waals surface area contributed by atoms with Gasteiger partial charge in [0.25, 0.3) is 0 Å². The van der Waals surface area contributed by atoms with E-state index in [1.54, 1.807) is 9.80 Å². The molecule has 0 saturated carbocycles. The molecule has 2 fully saturated rings. The molecule has 1 aromatic rings. The van der Waals surface area contributed by atoms with Crippen LogP contribution in [-0.4, -0.2) is 58.9 Å². The number of aryl methyl sites for hydroxylation is 1. The van der Waals surface area contributed by atoms with Crippen molar-refractivity contribution in [3.05, 3.63) is 35.4 Å². The quantitative estimate of drug-likeness (QED) is 0.826. The Bertz CT molecular complexity index is 569. The summed E-state index contributed by atoms with van der Waals surface area (Å²) < 4.78 is 0. The number of piperazine rings is 1. The lowest BCUT2D eigenvalue weighted by molar-refractivity contribution is -0.139. The number of carbonyl (C=O) groups excluding carboxylic acids is 2. The number of benzene rings is 1. The molecule has 5 nitrogen and oxygen atoms in total. The molecule has 2 atom stereocenters. The van der Waals surface area contributed by atoms with Crippen molar-refractivity contribution in [2.75, 3.05) is 20.1 Å². The zero-order chi connectivity index (χ0) is 15.1. The smallest absolute Gasteiger partial charge is 0.321 e. The van der Waals surface area contributed by atoms with Crippen LogP contribution < -0.4 is 0 Å². The molecular formula is C16H21N3O2. The van der Waals surface area contributed by atoms with Crippen LogP contribution in [0.2, 0.25) is 0 Å². The fourth-order valence-corrected chi connectivity index (χ4v) is 3.26. The average molecular weight is 287 g/mol. The lowest BCUT2D eigenvalue weighted by Crippen LogP contribution is -2.58. The van der Waals surface area contributed by atoms with E-state index in [1.165, 1.54) is 5.56 Å². The highest BCUT2D eigenvalue weighted by Crippen LogP contribution is 2.26. The number of urea groups is 1. The van der Waals surface area contributed by atoms with Gasteiger partial charge < -0.3 is 14.7 Å². The number of rotatable bonds is 2. The number of nitrogens with zero attached hydrogens (tertiary/aromatic N) is 3. The van der Waals surface area contributed by atoms with Crippen molar-refractivity contribution in [3.8, 4) is 0 Å². The van der Waals surface area contributed by atoms with E-state index in [1.807, 2.05) is 25.8 Å². The Kier molecular flexibility index (Phi) is 3.35. The molecule has 2 saturated heterocycles. The van der Waals surface area contributed by atoms with Gasteiger partial charge in [-0.25, -0.2) is 4.79 Å². The monoisotopic (exact) mass is 287 g/mol. The van der Waals surface area contributed by atoms with Gasteiger partial charge in [0.05, 0.1) is 6.04 Å². The molecule has 2 aliphatic rings. The van der Waals surface area contributed by atoms with Crippen molar-refractivity contribution in [3.63, 3.8) is 0 Å². The highest BCUT2D eigenvalue weighted by atomic mass is 16.2. The minimum Gasteiger partial charge on any atom is -0.342 e. The lowest BCUT2D eigenvalue weighted by atomic mass is 10.1. The van der Waals surface area contributed by atoms with Gasteiger partial charge in [0.1, 0.15) is 6.04 Å². The summed E-state index contributed by atoms with van der Waals surface area (Å²) in [5.74, 6) is 0.0248. The topological polar surface area (TPSA) is 43.9 Å². The van der Waals surface area contributed by atoms with E-state index in [-0.39, 0.29) is 24.0 Å². The minimum absolute atomic E-state index is 0.0190. The third-order valence-electron chi connectivity index (χ3n) is 4.45. The van der Waals surface area contributed by atoms with E-state index in [9.17, 15) is 9.59 Å². The van der Waals surface area contributed by atoms with Crippen LogP contribution in [-0.2, 0) is 11.3 Å². The largest absolute Gasteiger partial charge is 0.342 e. The molecule has 0 unspecified atom stereocenters. The fourth-order valence-electron chi connectivity index (χ4n) is 3.26. The minimum atomic E-state index is -0.357. The summed E-state index contributed by atoms with van der Waals surface area (Å²) in [6.07, 6.45) is 0. The second-order valence-electron chi connectivity index (χ2n) is 6.10. The maximum Gasteiger partial charge on any atom is 0.321 e. The zero-order valence-corrected chi connectivity index (χ0v) is 12.7. The van der Waals surface area contributed by atoms with Crippen molar-refractivity contribution < 1.29 is 9.59 Å². The molecule has 2 aliphatic heterocycles. The Morgan fingerprint density at radius 2 is 1.81 bits per heavy atom. The molecule has 5 heteroatoms. The molecule has 0 N–H and O–H groups in total. The standard InChI is InChI=1S/C16H21N3O2/c1-11-4-6-13(7-5-11)8-18-10-14-9-17(3)15(20)12(2)19(14)16(18)21/h4-7,12,14H,8-10H2,1-3H3/t12-,14-/m0/s1. The summed E-state index contributed by atoms with van der Waals surface area (Å²) in [5, 5.41) is 0. The predicted molar refractivity (Wildman–Crippen MR) is 79.7 cm³/mol. The normalized spacial score (nSPS) is 25.6. The number of hydrogen-bond donors (Lipinski definition) is 0. The van der Waals surface area contributed by atoms with Crippen molar-refractivity contribution in [2.45, 2.75) is 32.5 Å². The van der Waals surface area contributed by atoms with Gasteiger partial charge in [-0.1, -0.05) is 29.8 Å². The van der Waals surface area contributed by atoms with Gasteiger partial charge >= 0.3 is 6.03 Å². The average Bonchev–Trinajstić information content (AvgIpc) is 2.75. The van der Waals surface area contributed by atoms with Crippen LogP contribution in [0, 0.1) is 6.92 Å². The number of carbonyl (C=O) groups is 2. The van der Waals surface area contributed by atoms with Gasteiger partial charge in [-0.3, -0.25) is 4.79 Å². The number of fused-ring (bicyclic) bond motifs is 1. The highest BCUT2D eigenvalue weighted by Gasteiger charge is 2.46. The summed E-state index contributed by atoms with van der Waals surface area (Å²) in [6, 6.07) is 7.97. The Morgan fingerprint density at radius 1 is 1.14 bits per heavy atom. The molecule has 112 valence electrons. The SMILES string of the molecule is Cc1ccc(CN2C[C@@H]3CN(C)C(=O)[C@H](C)N3C2=O)cc1. The Balaban J connectivity index is 1.76. The van der Waals surface area contributed by atoms with Crippen molar-refractivity contribution in [1.29, 1.82) is 0 Å². The molecule has 2 heterocycles. The first-order chi connectivity index (χ1) is 9.97. The first-order valence-electron chi connectivity index (χ1n) is 7.35. The third-order valence-corrected chi connectivity index (χ3v) is 4.45. The van der Waals surface area contributed by atoms with Gasteiger partial charge in [0.15, 0.2) is 0 Å². The molecule has 0 aromatic heterocycles. The van der Waals surface area contributed by atoms with E-state index in [4.69, 9.17) is 0 Å². The predicted octanol–water partition coefficient (Wildman–Crippen LogP) is 1.46. The van der Waals surface area contributed by atoms with Crippen molar-refractivity contribution in [1.82, 2.24) is 14.7 Å². The first-order valence-corrected chi connectivity index (χ1v) is 7.35. The van der Waals surface area contributed by atoms with Crippen LogP contribution in [0.5, 0.6) is 0 Å². The van der Waals surface area contributed by atoms with Gasteiger partial charge in [-0.2, -0.15) is 0 Å². The number of amides is 3. The fraction of sp³-hybridized carbons (Fsp3) is 0.500. The lowest BCUT2D eigenvalue weighted by Gasteiger charge is -2.38. The van der Waals surface area contributed by atoms with E-state index in [2.05, 4.69) is 24.3 Å². The second kappa shape index (κ2) is 5.06. The number of hydrogen-bond acceptors (Lipinski definition) is 2. The van der Waals surface area contributed by atoms with Crippen LogP contribution in [0.3, 0.4) is 0 Å². The molecule has 1 aromatic carbocycles. The van der Waals surface area contributed by atoms with Crippen LogP contribution >= 0.6 is 0 Å². The van der Waals surface area contributed by atoms with E-state index in [0.717, 1.165) is 5.56 Å². The Morgan fingerprint density at radius 3 is 2.48 bits per heavy atom. The van der Waals surface area contributed by atoms with Crippen LogP contribution in [0.25, 0.3) is 0 Å². The molecule has 0 bridgehead atoms. The van der Waals surface area contributed by atoms with Crippen LogP contribution in [0.15, 0.2) is 24.3 Å². The number of likely N-dealkylation sites (N-methyl/N-ethyl adjacent to an activating group) is 1. The van der Waals surface area contributed by atoms with Gasteiger partial charge in [-0.15, -0.1) is 0 Å². The molecule has 3 amide bonds. The molecule has 0 radical (unpaired) electrons. The summed E-state index contributed by atoms with van der Waals surface area (Å²) in [5.41, 5.74) is 2.34. The van der Waals surface area contributed by atoms with Gasteiger partial charge in [0.2, 0.25) is 5.91 Å². The van der Waals surface area contributed by atoms with Crippen molar-refractivity contribution >= 4 is 11.9 Å². The van der Waals surface area contributed by atoms with Crippen LogP contribution in [0.1, 0.15) is 18.1 Å².